The third-order valence-electron chi connectivity index (χ3n) is 4.94. The average molecular weight is 507 g/mol. The van der Waals surface area contributed by atoms with Crippen LogP contribution in [0.15, 0.2) is 68.5 Å². The molecule has 0 unspecified atom stereocenters. The van der Waals surface area contributed by atoms with Crippen molar-refractivity contribution in [3.8, 4) is 0 Å². The van der Waals surface area contributed by atoms with Gasteiger partial charge in [-0.25, -0.2) is 9.98 Å². The lowest BCUT2D eigenvalue weighted by molar-refractivity contribution is 0.255. The highest BCUT2D eigenvalue weighted by Gasteiger charge is 2.20. The first-order valence-electron chi connectivity index (χ1n) is 10.3. The molecule has 1 fully saturated rings. The van der Waals surface area contributed by atoms with Crippen molar-refractivity contribution in [3.63, 3.8) is 0 Å². The predicted molar refractivity (Wildman–Crippen MR) is 146 cm³/mol. The molecule has 0 radical (unpaired) electrons. The molecule has 0 amide bonds. The van der Waals surface area contributed by atoms with E-state index >= 15 is 0 Å². The van der Waals surface area contributed by atoms with Crippen LogP contribution in [0.1, 0.15) is 11.1 Å². The van der Waals surface area contributed by atoms with Crippen LogP contribution in [-0.4, -0.2) is 59.8 Å². The summed E-state index contributed by atoms with van der Waals surface area (Å²) >= 11 is 0. The minimum Gasteiger partial charge on any atom is -0.369 e. The zero-order valence-corrected chi connectivity index (χ0v) is 20.9. The normalized spacial score (nSPS) is 15.5. The van der Waals surface area contributed by atoms with E-state index in [1.807, 2.05) is 72.2 Å². The van der Waals surface area contributed by atoms with Gasteiger partial charge in [-0.15, -0.1) is 24.8 Å². The lowest BCUT2D eigenvalue weighted by atomic mass is 10.2. The van der Waals surface area contributed by atoms with Gasteiger partial charge in [-0.2, -0.15) is 9.98 Å². The summed E-state index contributed by atoms with van der Waals surface area (Å²) in [6.45, 7) is 6.46. The summed E-state index contributed by atoms with van der Waals surface area (Å²) in [4.78, 5) is 20.8. The Morgan fingerprint density at radius 2 is 0.882 bits per heavy atom. The van der Waals surface area contributed by atoms with E-state index in [0.717, 1.165) is 22.5 Å². The molecule has 0 saturated carbocycles. The van der Waals surface area contributed by atoms with Crippen LogP contribution >= 0.6 is 24.8 Å². The number of aryl methyl sites for hydroxylation is 2. The van der Waals surface area contributed by atoms with Crippen LogP contribution in [0.4, 0.5) is 11.4 Å². The molecule has 1 aliphatic heterocycles. The van der Waals surface area contributed by atoms with Crippen molar-refractivity contribution in [2.75, 3.05) is 26.2 Å². The van der Waals surface area contributed by atoms with E-state index in [9.17, 15) is 0 Å². The van der Waals surface area contributed by atoms with Gasteiger partial charge in [-0.3, -0.25) is 0 Å². The van der Waals surface area contributed by atoms with Crippen LogP contribution in [0.2, 0.25) is 0 Å². The molecule has 12 heteroatoms. The first-order valence-corrected chi connectivity index (χ1v) is 10.3. The van der Waals surface area contributed by atoms with E-state index in [4.69, 9.17) is 22.9 Å². The maximum absolute atomic E-state index is 6.12. The van der Waals surface area contributed by atoms with E-state index in [2.05, 4.69) is 20.0 Å². The molecule has 2 aromatic rings. The quantitative estimate of drug-likeness (QED) is 0.359. The summed E-state index contributed by atoms with van der Waals surface area (Å²) in [6.07, 6.45) is 0. The van der Waals surface area contributed by atoms with Crippen LogP contribution in [0.25, 0.3) is 0 Å². The number of guanidine groups is 4. The Morgan fingerprint density at radius 1 is 0.588 bits per heavy atom. The van der Waals surface area contributed by atoms with Crippen LogP contribution < -0.4 is 22.9 Å². The highest BCUT2D eigenvalue weighted by atomic mass is 35.5. The second kappa shape index (κ2) is 13.3. The van der Waals surface area contributed by atoms with Crippen molar-refractivity contribution >= 4 is 60.0 Å². The largest absolute Gasteiger partial charge is 0.369 e. The number of benzene rings is 2. The first kappa shape index (κ1) is 28.5. The van der Waals surface area contributed by atoms with Crippen molar-refractivity contribution in [1.29, 1.82) is 0 Å². The molecule has 10 nitrogen and oxygen atoms in total. The summed E-state index contributed by atoms with van der Waals surface area (Å²) in [7, 11) is 0. The smallest absolute Gasteiger partial charge is 0.223 e. The summed E-state index contributed by atoms with van der Waals surface area (Å²) in [6, 6.07) is 15.4. The fraction of sp³-hybridized carbons (Fsp3) is 0.273. The fourth-order valence-corrected chi connectivity index (χ4v) is 3.09. The summed E-state index contributed by atoms with van der Waals surface area (Å²) in [5.74, 6) is 0.841. The Bertz CT molecular complexity index is 953. The molecule has 1 heterocycles. The van der Waals surface area contributed by atoms with E-state index < -0.39 is 0 Å². The lowest BCUT2D eigenvalue weighted by Gasteiger charge is -2.35. The zero-order valence-electron chi connectivity index (χ0n) is 19.3. The van der Waals surface area contributed by atoms with Crippen molar-refractivity contribution < 1.29 is 0 Å². The molecule has 0 aliphatic carbocycles. The average Bonchev–Trinajstić information content (AvgIpc) is 2.77. The zero-order chi connectivity index (χ0) is 23.1. The van der Waals surface area contributed by atoms with Crippen LogP contribution in [0.3, 0.4) is 0 Å². The van der Waals surface area contributed by atoms with Crippen molar-refractivity contribution in [2.45, 2.75) is 13.8 Å². The molecule has 0 spiro atoms. The summed E-state index contributed by atoms with van der Waals surface area (Å²) < 4.78 is 0. The van der Waals surface area contributed by atoms with E-state index in [1.54, 1.807) is 0 Å². The summed E-state index contributed by atoms with van der Waals surface area (Å²) in [5.41, 5.74) is 27.9. The highest BCUT2D eigenvalue weighted by Crippen LogP contribution is 2.13. The minimum atomic E-state index is 0. The number of piperazine rings is 1. The van der Waals surface area contributed by atoms with E-state index in [1.165, 1.54) is 0 Å². The number of nitrogens with two attached hydrogens (primary N) is 4. The number of halogens is 2. The molecule has 1 aliphatic rings. The van der Waals surface area contributed by atoms with Crippen LogP contribution in [0.5, 0.6) is 0 Å². The standard InChI is InChI=1S/C22H30N10.2ClH/c1-15-3-7-17(8-4-15)27-19(23)29-21(25)31-11-13-32(14-12-31)22(26)30-20(24)28-18-9-5-16(2)6-10-18;;/h3-10H,11-14H2,1-2H3,(H4,23,25,27,29)(H4,24,26,28,30);2*1H. The molecule has 2 aromatic carbocycles. The van der Waals surface area contributed by atoms with E-state index in [-0.39, 0.29) is 36.7 Å². The first-order chi connectivity index (χ1) is 15.3. The van der Waals surface area contributed by atoms with Gasteiger partial charge >= 0.3 is 0 Å². The van der Waals surface area contributed by atoms with Gasteiger partial charge in [0.05, 0.1) is 11.4 Å². The third-order valence-corrected chi connectivity index (χ3v) is 4.94. The Balaban J connectivity index is 0.00000289. The van der Waals surface area contributed by atoms with Gasteiger partial charge in [0, 0.05) is 26.2 Å². The monoisotopic (exact) mass is 506 g/mol. The number of aliphatic imine (C=N–C) groups is 4. The molecule has 0 atom stereocenters. The van der Waals surface area contributed by atoms with Crippen LogP contribution in [0, 0.1) is 13.8 Å². The maximum Gasteiger partial charge on any atom is 0.223 e. The second-order valence-electron chi connectivity index (χ2n) is 7.53. The molecule has 1 saturated heterocycles. The number of hydrogen-bond donors (Lipinski definition) is 4. The maximum atomic E-state index is 6.12. The molecule has 184 valence electrons. The summed E-state index contributed by atoms with van der Waals surface area (Å²) in [5, 5.41) is 0. The van der Waals surface area contributed by atoms with Gasteiger partial charge < -0.3 is 32.7 Å². The van der Waals surface area contributed by atoms with Crippen LogP contribution in [-0.2, 0) is 0 Å². The highest BCUT2D eigenvalue weighted by molar-refractivity contribution is 5.95. The molecule has 3 rings (SSSR count). The molecule has 34 heavy (non-hydrogen) atoms. The van der Waals surface area contributed by atoms with Gasteiger partial charge in [0.2, 0.25) is 11.9 Å². The van der Waals surface area contributed by atoms with Gasteiger partial charge in [0.25, 0.3) is 0 Å². The van der Waals surface area contributed by atoms with Gasteiger partial charge in [0.1, 0.15) is 0 Å². The number of hydrogen-bond acceptors (Lipinski definition) is 2. The predicted octanol–water partition coefficient (Wildman–Crippen LogP) is 1.99. The van der Waals surface area contributed by atoms with Gasteiger partial charge in [0.15, 0.2) is 11.9 Å². The minimum absolute atomic E-state index is 0. The Hall–Kier alpha value is -3.50. The number of rotatable bonds is 2. The van der Waals surface area contributed by atoms with Crippen molar-refractivity contribution in [2.24, 2.45) is 42.9 Å². The molecular formula is C22H32Cl2N10. The van der Waals surface area contributed by atoms with Crippen molar-refractivity contribution in [1.82, 2.24) is 9.80 Å². The topological polar surface area (TPSA) is 160 Å². The third kappa shape index (κ3) is 8.45. The van der Waals surface area contributed by atoms with Gasteiger partial charge in [-0.1, -0.05) is 35.4 Å². The van der Waals surface area contributed by atoms with Crippen molar-refractivity contribution in [3.05, 3.63) is 59.7 Å². The second-order valence-corrected chi connectivity index (χ2v) is 7.53. The fourth-order valence-electron chi connectivity index (χ4n) is 3.09. The lowest BCUT2D eigenvalue weighted by Crippen LogP contribution is -2.54. The van der Waals surface area contributed by atoms with Gasteiger partial charge in [-0.05, 0) is 38.1 Å². The Kier molecular flexibility index (Phi) is 11.1. The molecule has 0 bridgehead atoms. The van der Waals surface area contributed by atoms with E-state index in [0.29, 0.717) is 38.1 Å². The molecule has 0 aromatic heterocycles. The number of nitrogens with zero attached hydrogens (tertiary/aromatic N) is 6. The Labute approximate surface area is 212 Å². The Morgan fingerprint density at radius 3 is 1.18 bits per heavy atom. The SMILES string of the molecule is Cc1ccc(N=C(N)/N=C(\N)N2CCN(/C(N)=N/C(N)=Nc3ccc(C)cc3)CC2)cc1.Cl.Cl. The molecule has 8 N–H and O–H groups in total. The molecular weight excluding hydrogens is 475 g/mol.